The number of thiazole rings is 1. The molecular formula is C21H25N3O4S. The van der Waals surface area contributed by atoms with Crippen LogP contribution in [0.15, 0.2) is 16.5 Å². The summed E-state index contributed by atoms with van der Waals surface area (Å²) in [5.41, 5.74) is 2.44. The maximum Gasteiger partial charge on any atom is 0.309 e. The maximum absolute atomic E-state index is 13.1. The number of aryl methyl sites for hydroxylation is 1. The van der Waals surface area contributed by atoms with Gasteiger partial charge in [0.05, 0.1) is 22.7 Å². The van der Waals surface area contributed by atoms with Crippen LogP contribution < -0.4 is 4.90 Å². The van der Waals surface area contributed by atoms with Crippen molar-refractivity contribution in [2.75, 3.05) is 38.7 Å². The summed E-state index contributed by atoms with van der Waals surface area (Å²) >= 11 is 1.59. The van der Waals surface area contributed by atoms with Crippen LogP contribution in [0.4, 0.5) is 5.13 Å². The van der Waals surface area contributed by atoms with E-state index < -0.39 is 0 Å². The second-order valence-corrected chi connectivity index (χ2v) is 8.59. The van der Waals surface area contributed by atoms with Gasteiger partial charge in [0.1, 0.15) is 5.58 Å². The monoisotopic (exact) mass is 415 g/mol. The fourth-order valence-electron chi connectivity index (χ4n) is 3.75. The van der Waals surface area contributed by atoms with E-state index in [0.29, 0.717) is 43.9 Å². The van der Waals surface area contributed by atoms with Crippen molar-refractivity contribution in [2.45, 2.75) is 26.7 Å². The van der Waals surface area contributed by atoms with Crippen molar-refractivity contribution in [3.8, 4) is 0 Å². The normalized spacial score (nSPS) is 15.2. The summed E-state index contributed by atoms with van der Waals surface area (Å²) in [5.74, 6) is -0.0323. The SMILES string of the molecule is CCOC(=O)C1CCN(C(=O)c2oc3cc4sc(N(C)C)nc4cc3c2C)CC1. The number of carbonyl (C=O) groups is 2. The summed E-state index contributed by atoms with van der Waals surface area (Å²) in [4.78, 5) is 33.4. The van der Waals surface area contributed by atoms with Gasteiger partial charge in [-0.1, -0.05) is 11.3 Å². The topological polar surface area (TPSA) is 75.9 Å². The molecular weight excluding hydrogens is 390 g/mol. The summed E-state index contributed by atoms with van der Waals surface area (Å²) in [6.45, 7) is 5.17. The molecule has 7 nitrogen and oxygen atoms in total. The zero-order valence-electron chi connectivity index (χ0n) is 17.2. The number of ether oxygens (including phenoxy) is 1. The van der Waals surface area contributed by atoms with Crippen LogP contribution in [-0.4, -0.2) is 55.6 Å². The smallest absolute Gasteiger partial charge is 0.309 e. The van der Waals surface area contributed by atoms with Crippen LogP contribution >= 0.6 is 11.3 Å². The lowest BCUT2D eigenvalue weighted by Crippen LogP contribution is -2.40. The Kier molecular flexibility index (Phi) is 5.21. The van der Waals surface area contributed by atoms with E-state index in [1.165, 1.54) is 0 Å². The highest BCUT2D eigenvalue weighted by atomic mass is 32.1. The second-order valence-electron chi connectivity index (χ2n) is 7.58. The van der Waals surface area contributed by atoms with Gasteiger partial charge in [-0.3, -0.25) is 9.59 Å². The van der Waals surface area contributed by atoms with E-state index in [1.807, 2.05) is 45.0 Å². The minimum atomic E-state index is -0.163. The molecule has 0 radical (unpaired) electrons. The summed E-state index contributed by atoms with van der Waals surface area (Å²) < 4.78 is 12.1. The van der Waals surface area contributed by atoms with Gasteiger partial charge in [-0.25, -0.2) is 4.98 Å². The third-order valence-electron chi connectivity index (χ3n) is 5.41. The zero-order chi connectivity index (χ0) is 20.7. The number of nitrogens with zero attached hydrogens (tertiary/aromatic N) is 3. The first-order valence-electron chi connectivity index (χ1n) is 9.86. The third kappa shape index (κ3) is 3.57. The molecule has 0 bridgehead atoms. The van der Waals surface area contributed by atoms with E-state index in [4.69, 9.17) is 9.15 Å². The Morgan fingerprint density at radius 2 is 2.03 bits per heavy atom. The van der Waals surface area contributed by atoms with Gasteiger partial charge in [0.2, 0.25) is 0 Å². The van der Waals surface area contributed by atoms with Gasteiger partial charge < -0.3 is 19.0 Å². The minimum Gasteiger partial charge on any atom is -0.466 e. The number of fused-ring (bicyclic) bond motifs is 2. The predicted molar refractivity (Wildman–Crippen MR) is 114 cm³/mol. The van der Waals surface area contributed by atoms with E-state index in [0.717, 1.165) is 26.3 Å². The average molecular weight is 416 g/mol. The lowest BCUT2D eigenvalue weighted by molar-refractivity contribution is -0.149. The fraction of sp³-hybridized carbons (Fsp3) is 0.476. The van der Waals surface area contributed by atoms with E-state index in [1.54, 1.807) is 16.2 Å². The lowest BCUT2D eigenvalue weighted by Gasteiger charge is -2.30. The first-order chi connectivity index (χ1) is 13.9. The number of hydrogen-bond acceptors (Lipinski definition) is 7. The van der Waals surface area contributed by atoms with E-state index in [9.17, 15) is 9.59 Å². The molecule has 2 aromatic heterocycles. The van der Waals surface area contributed by atoms with Crippen molar-refractivity contribution in [3.05, 3.63) is 23.5 Å². The molecule has 4 rings (SSSR count). The van der Waals surface area contributed by atoms with Crippen LogP contribution in [0.25, 0.3) is 21.2 Å². The number of rotatable bonds is 4. The highest BCUT2D eigenvalue weighted by Gasteiger charge is 2.31. The molecule has 0 N–H and O–H groups in total. The molecule has 1 aliphatic heterocycles. The van der Waals surface area contributed by atoms with Gasteiger partial charge in [0, 0.05) is 44.2 Å². The second kappa shape index (κ2) is 7.67. The Bertz CT molecular complexity index is 1080. The summed E-state index contributed by atoms with van der Waals surface area (Å²) in [7, 11) is 3.93. The molecule has 0 aliphatic carbocycles. The number of piperidine rings is 1. The van der Waals surface area contributed by atoms with Crippen molar-refractivity contribution in [3.63, 3.8) is 0 Å². The van der Waals surface area contributed by atoms with Gasteiger partial charge in [-0.2, -0.15) is 0 Å². The van der Waals surface area contributed by atoms with Crippen LogP contribution in [0, 0.1) is 12.8 Å². The van der Waals surface area contributed by atoms with Crippen LogP contribution in [-0.2, 0) is 9.53 Å². The Morgan fingerprint density at radius 1 is 1.31 bits per heavy atom. The minimum absolute atomic E-state index is 0.119. The number of furan rings is 1. The Hall–Kier alpha value is -2.61. The molecule has 0 saturated carbocycles. The standard InChI is InChI=1S/C21H25N3O4S/c1-5-27-20(26)13-6-8-24(9-7-13)19(25)18-12(2)14-10-15-17(11-16(14)28-18)29-21(22-15)23(3)4/h10-11,13H,5-9H2,1-4H3. The summed E-state index contributed by atoms with van der Waals surface area (Å²) in [5, 5.41) is 1.85. The molecule has 1 fully saturated rings. The van der Waals surface area contributed by atoms with E-state index >= 15 is 0 Å². The number of esters is 1. The van der Waals surface area contributed by atoms with Gasteiger partial charge in [-0.05, 0) is 32.8 Å². The summed E-state index contributed by atoms with van der Waals surface area (Å²) in [6.07, 6.45) is 1.24. The first-order valence-corrected chi connectivity index (χ1v) is 10.7. The molecule has 0 unspecified atom stereocenters. The van der Waals surface area contributed by atoms with Gasteiger partial charge >= 0.3 is 5.97 Å². The maximum atomic E-state index is 13.1. The molecule has 1 amide bonds. The molecule has 0 spiro atoms. The van der Waals surface area contributed by atoms with E-state index in [2.05, 4.69) is 4.98 Å². The highest BCUT2D eigenvalue weighted by Crippen LogP contribution is 2.35. The molecule has 1 aromatic carbocycles. The largest absolute Gasteiger partial charge is 0.466 e. The lowest BCUT2D eigenvalue weighted by atomic mass is 9.96. The number of aromatic nitrogens is 1. The molecule has 1 aliphatic rings. The van der Waals surface area contributed by atoms with Crippen LogP contribution in [0.3, 0.4) is 0 Å². The molecule has 3 heterocycles. The van der Waals surface area contributed by atoms with Crippen molar-refractivity contribution < 1.29 is 18.7 Å². The summed E-state index contributed by atoms with van der Waals surface area (Å²) in [6, 6.07) is 3.96. The molecule has 3 aromatic rings. The number of amides is 1. The van der Waals surface area contributed by atoms with Crippen LogP contribution in [0.1, 0.15) is 35.9 Å². The quantitative estimate of drug-likeness (QED) is 0.603. The Morgan fingerprint density at radius 3 is 2.69 bits per heavy atom. The van der Waals surface area contributed by atoms with Gasteiger partial charge in [0.15, 0.2) is 10.9 Å². The van der Waals surface area contributed by atoms with Crippen molar-refractivity contribution in [1.29, 1.82) is 0 Å². The molecule has 1 saturated heterocycles. The number of carbonyl (C=O) groups excluding carboxylic acids is 2. The highest BCUT2D eigenvalue weighted by molar-refractivity contribution is 7.22. The van der Waals surface area contributed by atoms with Gasteiger partial charge in [-0.15, -0.1) is 0 Å². The number of hydrogen-bond donors (Lipinski definition) is 0. The van der Waals surface area contributed by atoms with Crippen molar-refractivity contribution in [1.82, 2.24) is 9.88 Å². The molecule has 154 valence electrons. The Labute approximate surface area is 173 Å². The van der Waals surface area contributed by atoms with Gasteiger partial charge in [0.25, 0.3) is 5.91 Å². The molecule has 29 heavy (non-hydrogen) atoms. The number of benzene rings is 1. The van der Waals surface area contributed by atoms with Crippen molar-refractivity contribution >= 4 is 49.5 Å². The number of likely N-dealkylation sites (tertiary alicyclic amines) is 1. The average Bonchev–Trinajstić information content (AvgIpc) is 3.27. The predicted octanol–water partition coefficient (Wildman–Crippen LogP) is 3.83. The fourth-order valence-corrected chi connectivity index (χ4v) is 4.65. The number of anilines is 1. The van der Waals surface area contributed by atoms with Crippen LogP contribution in [0.2, 0.25) is 0 Å². The molecule has 0 atom stereocenters. The third-order valence-corrected chi connectivity index (χ3v) is 6.60. The van der Waals surface area contributed by atoms with Crippen molar-refractivity contribution in [2.24, 2.45) is 5.92 Å². The van der Waals surface area contributed by atoms with Crippen LogP contribution in [0.5, 0.6) is 0 Å². The molecule has 8 heteroatoms. The first kappa shape index (κ1) is 19.7. The van der Waals surface area contributed by atoms with E-state index in [-0.39, 0.29) is 17.8 Å². The zero-order valence-corrected chi connectivity index (χ0v) is 18.0. The Balaban J connectivity index is 1.57.